The van der Waals surface area contributed by atoms with Crippen molar-refractivity contribution >= 4 is 6.08 Å². The van der Waals surface area contributed by atoms with Gasteiger partial charge in [0.15, 0.2) is 23.3 Å². The summed E-state index contributed by atoms with van der Waals surface area (Å²) in [5.74, 6) is -3.22. The first-order valence-electron chi connectivity index (χ1n) is 12.2. The summed E-state index contributed by atoms with van der Waals surface area (Å²) in [5.41, 5.74) is 2.79. The van der Waals surface area contributed by atoms with Crippen LogP contribution in [0.3, 0.4) is 0 Å². The first-order valence-corrected chi connectivity index (χ1v) is 12.2. The highest BCUT2D eigenvalue weighted by Crippen LogP contribution is 2.39. The van der Waals surface area contributed by atoms with E-state index in [1.54, 1.807) is 49.4 Å². The molecule has 0 heterocycles. The lowest BCUT2D eigenvalue weighted by atomic mass is 9.78. The van der Waals surface area contributed by atoms with Crippen LogP contribution >= 0.6 is 0 Å². The summed E-state index contributed by atoms with van der Waals surface area (Å²) in [6.45, 7) is 4.21. The zero-order valence-corrected chi connectivity index (χ0v) is 20.1. The van der Waals surface area contributed by atoms with Gasteiger partial charge in [0, 0.05) is 23.3 Å². The van der Waals surface area contributed by atoms with E-state index in [0.29, 0.717) is 30.6 Å². The molecule has 0 spiro atoms. The van der Waals surface area contributed by atoms with Gasteiger partial charge in [-0.25, -0.2) is 17.6 Å². The standard InChI is InChI=1S/C30H30F4O/c1-3-35-18-24-15-14-23(27(31)28(24)32)13-8-20-6-11-22(12-7-20)26-17-16-25(29(33)30(26)34)21-9-4-19(2)5-10-21/h4-5,8-10,13-17,20,22H,3,6-7,11-12,18H2,1-2H3/b13-8+. The summed E-state index contributed by atoms with van der Waals surface area (Å²) in [5, 5.41) is 0. The molecule has 1 nitrogen and oxygen atoms in total. The molecule has 0 aliphatic heterocycles. The van der Waals surface area contributed by atoms with Gasteiger partial charge in [0.05, 0.1) is 6.61 Å². The fraction of sp³-hybridized carbons (Fsp3) is 0.333. The van der Waals surface area contributed by atoms with Crippen LogP contribution in [-0.4, -0.2) is 6.61 Å². The maximum absolute atomic E-state index is 15.0. The molecule has 0 amide bonds. The highest BCUT2D eigenvalue weighted by atomic mass is 19.2. The normalized spacial score (nSPS) is 18.3. The van der Waals surface area contributed by atoms with Crippen molar-refractivity contribution in [3.8, 4) is 11.1 Å². The number of halogens is 4. The van der Waals surface area contributed by atoms with Crippen molar-refractivity contribution in [1.29, 1.82) is 0 Å². The Morgan fingerprint density at radius 1 is 0.800 bits per heavy atom. The molecule has 0 aromatic heterocycles. The molecular formula is C30H30F4O. The molecule has 0 atom stereocenters. The Morgan fingerprint density at radius 2 is 1.51 bits per heavy atom. The van der Waals surface area contributed by atoms with E-state index in [2.05, 4.69) is 0 Å². The van der Waals surface area contributed by atoms with Crippen LogP contribution in [0.15, 0.2) is 54.6 Å². The summed E-state index contributed by atoms with van der Waals surface area (Å²) in [6, 6.07) is 13.8. The summed E-state index contributed by atoms with van der Waals surface area (Å²) >= 11 is 0. The lowest BCUT2D eigenvalue weighted by Gasteiger charge is -2.27. The lowest BCUT2D eigenvalue weighted by Crippen LogP contribution is -2.13. The molecule has 1 aliphatic rings. The quantitative estimate of drug-likeness (QED) is 0.306. The van der Waals surface area contributed by atoms with Gasteiger partial charge in [-0.1, -0.05) is 66.2 Å². The molecule has 1 aliphatic carbocycles. The third-order valence-corrected chi connectivity index (χ3v) is 6.89. The van der Waals surface area contributed by atoms with Crippen LogP contribution in [-0.2, 0) is 11.3 Å². The number of benzene rings is 3. The van der Waals surface area contributed by atoms with Gasteiger partial charge in [0.1, 0.15) is 0 Å². The Bertz CT molecular complexity index is 1190. The second-order valence-electron chi connectivity index (χ2n) is 9.25. The van der Waals surface area contributed by atoms with E-state index < -0.39 is 23.3 Å². The van der Waals surface area contributed by atoms with E-state index in [9.17, 15) is 17.6 Å². The minimum atomic E-state index is -0.879. The summed E-state index contributed by atoms with van der Waals surface area (Å²) < 4.78 is 63.7. The van der Waals surface area contributed by atoms with E-state index in [1.165, 1.54) is 0 Å². The predicted molar refractivity (Wildman–Crippen MR) is 132 cm³/mol. The zero-order valence-electron chi connectivity index (χ0n) is 20.1. The molecule has 1 fully saturated rings. The topological polar surface area (TPSA) is 9.23 Å². The molecule has 3 aromatic rings. The van der Waals surface area contributed by atoms with E-state index >= 15 is 0 Å². The third-order valence-electron chi connectivity index (χ3n) is 6.89. The number of aryl methyl sites for hydroxylation is 1. The van der Waals surface area contributed by atoms with Gasteiger partial charge in [0.2, 0.25) is 0 Å². The van der Waals surface area contributed by atoms with Crippen LogP contribution in [0.1, 0.15) is 60.8 Å². The fourth-order valence-corrected chi connectivity index (χ4v) is 4.75. The maximum atomic E-state index is 15.0. The second kappa shape index (κ2) is 11.2. The van der Waals surface area contributed by atoms with Crippen LogP contribution in [0.5, 0.6) is 0 Å². The second-order valence-corrected chi connectivity index (χ2v) is 9.25. The number of ether oxygens (including phenoxy) is 1. The number of hydrogen-bond donors (Lipinski definition) is 0. The van der Waals surface area contributed by atoms with Gasteiger partial charge in [-0.15, -0.1) is 0 Å². The molecule has 0 N–H and O–H groups in total. The fourth-order valence-electron chi connectivity index (χ4n) is 4.75. The van der Waals surface area contributed by atoms with Crippen molar-refractivity contribution in [2.45, 2.75) is 52.1 Å². The van der Waals surface area contributed by atoms with Crippen LogP contribution in [0.2, 0.25) is 0 Å². The van der Waals surface area contributed by atoms with Crippen molar-refractivity contribution in [3.63, 3.8) is 0 Å². The minimum Gasteiger partial charge on any atom is -0.377 e. The van der Waals surface area contributed by atoms with Crippen molar-refractivity contribution in [1.82, 2.24) is 0 Å². The highest BCUT2D eigenvalue weighted by Gasteiger charge is 2.26. The monoisotopic (exact) mass is 482 g/mol. The van der Waals surface area contributed by atoms with Crippen molar-refractivity contribution < 1.29 is 22.3 Å². The minimum absolute atomic E-state index is 0.0381. The molecule has 3 aromatic carbocycles. The average Bonchev–Trinajstić information content (AvgIpc) is 2.87. The molecular weight excluding hydrogens is 452 g/mol. The predicted octanol–water partition coefficient (Wildman–Crippen LogP) is 8.74. The first-order chi connectivity index (χ1) is 16.9. The van der Waals surface area contributed by atoms with Crippen molar-refractivity contribution in [2.75, 3.05) is 6.61 Å². The van der Waals surface area contributed by atoms with Crippen LogP contribution in [0.25, 0.3) is 17.2 Å². The van der Waals surface area contributed by atoms with Crippen molar-refractivity contribution in [2.24, 2.45) is 5.92 Å². The Kier molecular flexibility index (Phi) is 8.07. The lowest BCUT2D eigenvalue weighted by molar-refractivity contribution is 0.131. The number of allylic oxidation sites excluding steroid dienone is 1. The molecule has 0 radical (unpaired) electrons. The van der Waals surface area contributed by atoms with Crippen molar-refractivity contribution in [3.05, 3.63) is 100 Å². The molecule has 0 bridgehead atoms. The van der Waals surface area contributed by atoms with E-state index in [0.717, 1.165) is 18.4 Å². The maximum Gasteiger partial charge on any atom is 0.166 e. The number of hydrogen-bond acceptors (Lipinski definition) is 1. The van der Waals surface area contributed by atoms with Gasteiger partial charge in [-0.05, 0) is 62.5 Å². The Hall–Kier alpha value is -2.92. The van der Waals surface area contributed by atoms with E-state index in [-0.39, 0.29) is 35.1 Å². The van der Waals surface area contributed by atoms with Gasteiger partial charge < -0.3 is 4.74 Å². The smallest absolute Gasteiger partial charge is 0.166 e. The molecule has 1 saturated carbocycles. The highest BCUT2D eigenvalue weighted by molar-refractivity contribution is 5.65. The molecule has 35 heavy (non-hydrogen) atoms. The summed E-state index contributed by atoms with van der Waals surface area (Å²) in [4.78, 5) is 0. The zero-order chi connectivity index (χ0) is 24.9. The van der Waals surface area contributed by atoms with Gasteiger partial charge >= 0.3 is 0 Å². The van der Waals surface area contributed by atoms with Gasteiger partial charge in [-0.2, -0.15) is 0 Å². The van der Waals surface area contributed by atoms with Gasteiger partial charge in [-0.3, -0.25) is 0 Å². The molecule has 0 saturated heterocycles. The van der Waals surface area contributed by atoms with E-state index in [1.807, 2.05) is 25.1 Å². The largest absolute Gasteiger partial charge is 0.377 e. The van der Waals surface area contributed by atoms with Gasteiger partial charge in [0.25, 0.3) is 0 Å². The average molecular weight is 483 g/mol. The Balaban J connectivity index is 1.41. The Labute approximate surface area is 204 Å². The summed E-state index contributed by atoms with van der Waals surface area (Å²) in [6.07, 6.45) is 6.47. The number of rotatable bonds is 7. The SMILES string of the molecule is CCOCc1ccc(/C=C/C2CCC(c3ccc(-c4ccc(C)cc4)c(F)c3F)CC2)c(F)c1F. The third kappa shape index (κ3) is 5.67. The first kappa shape index (κ1) is 25.2. The Morgan fingerprint density at radius 3 is 2.20 bits per heavy atom. The molecule has 0 unspecified atom stereocenters. The summed E-state index contributed by atoms with van der Waals surface area (Å²) in [7, 11) is 0. The van der Waals surface area contributed by atoms with Crippen LogP contribution < -0.4 is 0 Å². The van der Waals surface area contributed by atoms with E-state index in [4.69, 9.17) is 4.74 Å². The molecule has 5 heteroatoms. The van der Waals surface area contributed by atoms with Crippen LogP contribution in [0.4, 0.5) is 17.6 Å². The molecule has 184 valence electrons. The molecule has 4 rings (SSSR count). The van der Waals surface area contributed by atoms with Crippen LogP contribution in [0, 0.1) is 36.1 Å².